The van der Waals surface area contributed by atoms with Gasteiger partial charge in [0.2, 0.25) is 5.91 Å². The fourth-order valence-corrected chi connectivity index (χ4v) is 2.29. The Labute approximate surface area is 117 Å². The van der Waals surface area contributed by atoms with Crippen LogP contribution in [0.15, 0.2) is 6.07 Å². The van der Waals surface area contributed by atoms with Crippen LogP contribution >= 0.6 is 0 Å². The lowest BCUT2D eigenvalue weighted by atomic mass is 10.1. The number of piperazine rings is 1. The fourth-order valence-electron chi connectivity index (χ4n) is 2.29. The number of nitrogens with two attached hydrogens (primary N) is 1. The molecule has 0 bridgehead atoms. The molecule has 8 nitrogen and oxygen atoms in total. The average molecular weight is 280 g/mol. The van der Waals surface area contributed by atoms with Crippen molar-refractivity contribution in [3.8, 4) is 0 Å². The average Bonchev–Trinajstić information content (AvgIpc) is 2.47. The number of carbonyl (C=O) groups excluding carboxylic acids is 1. The normalized spacial score (nSPS) is 18.9. The second kappa shape index (κ2) is 6.49. The maximum absolute atomic E-state index is 11.9. The van der Waals surface area contributed by atoms with Crippen LogP contribution in [-0.2, 0) is 16.1 Å². The summed E-state index contributed by atoms with van der Waals surface area (Å²) in [5.41, 5.74) is 2.52. The third-order valence-corrected chi connectivity index (χ3v) is 3.19. The van der Waals surface area contributed by atoms with E-state index in [1.165, 1.54) is 0 Å². The van der Waals surface area contributed by atoms with Gasteiger partial charge in [0.15, 0.2) is 5.82 Å². The Balaban J connectivity index is 2.34. The second-order valence-corrected chi connectivity index (χ2v) is 4.51. The first-order chi connectivity index (χ1) is 9.69. The lowest BCUT2D eigenvalue weighted by Gasteiger charge is -2.35. The largest absolute Gasteiger partial charge is 0.377 e. The molecule has 1 aliphatic heterocycles. The SMILES string of the molecule is CCC1C(=O)NCCN1c1cc(NN)nc(COC)n1. The highest BCUT2D eigenvalue weighted by Crippen LogP contribution is 2.21. The molecular formula is C12H20N6O2. The molecule has 0 saturated carbocycles. The van der Waals surface area contributed by atoms with Crippen molar-refractivity contribution in [3.05, 3.63) is 11.9 Å². The summed E-state index contributed by atoms with van der Waals surface area (Å²) < 4.78 is 5.05. The highest BCUT2D eigenvalue weighted by molar-refractivity contribution is 5.86. The van der Waals surface area contributed by atoms with E-state index in [9.17, 15) is 4.79 Å². The summed E-state index contributed by atoms with van der Waals surface area (Å²) in [6, 6.07) is 1.51. The van der Waals surface area contributed by atoms with Crippen LogP contribution < -0.4 is 21.5 Å². The molecule has 1 aromatic heterocycles. The van der Waals surface area contributed by atoms with Crippen molar-refractivity contribution in [3.63, 3.8) is 0 Å². The Morgan fingerprint density at radius 1 is 1.60 bits per heavy atom. The van der Waals surface area contributed by atoms with E-state index in [4.69, 9.17) is 10.6 Å². The van der Waals surface area contributed by atoms with E-state index in [2.05, 4.69) is 20.7 Å². The topological polar surface area (TPSA) is 105 Å². The Hall–Kier alpha value is -1.93. The number of rotatable bonds is 5. The number of ether oxygens (including phenoxy) is 1. The monoisotopic (exact) mass is 280 g/mol. The number of hydrogen-bond acceptors (Lipinski definition) is 7. The molecule has 2 heterocycles. The minimum absolute atomic E-state index is 0.0212. The molecule has 0 aliphatic carbocycles. The molecule has 1 amide bonds. The lowest BCUT2D eigenvalue weighted by molar-refractivity contribution is -0.123. The molecule has 1 unspecified atom stereocenters. The third-order valence-electron chi connectivity index (χ3n) is 3.19. The Morgan fingerprint density at radius 2 is 2.40 bits per heavy atom. The Bertz CT molecular complexity index is 481. The van der Waals surface area contributed by atoms with Crippen molar-refractivity contribution in [2.45, 2.75) is 26.0 Å². The number of hydrogen-bond donors (Lipinski definition) is 3. The van der Waals surface area contributed by atoms with Gasteiger partial charge in [-0.2, -0.15) is 0 Å². The van der Waals surface area contributed by atoms with Gasteiger partial charge in [-0.3, -0.25) is 4.79 Å². The van der Waals surface area contributed by atoms with E-state index in [1.54, 1.807) is 13.2 Å². The summed E-state index contributed by atoms with van der Waals surface area (Å²) in [6.07, 6.45) is 0.709. The highest BCUT2D eigenvalue weighted by Gasteiger charge is 2.29. The lowest BCUT2D eigenvalue weighted by Crippen LogP contribution is -2.55. The smallest absolute Gasteiger partial charge is 0.242 e. The first kappa shape index (κ1) is 14.5. The molecule has 1 aromatic rings. The van der Waals surface area contributed by atoms with Crippen LogP contribution in [0.4, 0.5) is 11.6 Å². The van der Waals surface area contributed by atoms with Crippen molar-refractivity contribution in [1.29, 1.82) is 0 Å². The zero-order valence-corrected chi connectivity index (χ0v) is 11.7. The Kier molecular flexibility index (Phi) is 4.70. The molecule has 20 heavy (non-hydrogen) atoms. The summed E-state index contributed by atoms with van der Waals surface area (Å²) in [7, 11) is 1.58. The van der Waals surface area contributed by atoms with Crippen LogP contribution in [0.5, 0.6) is 0 Å². The van der Waals surface area contributed by atoms with Crippen LogP contribution in [-0.4, -0.2) is 42.1 Å². The van der Waals surface area contributed by atoms with Crippen LogP contribution in [0.1, 0.15) is 19.2 Å². The van der Waals surface area contributed by atoms with Gasteiger partial charge in [0.25, 0.3) is 0 Å². The molecule has 1 atom stereocenters. The van der Waals surface area contributed by atoms with Gasteiger partial charge in [-0.15, -0.1) is 0 Å². The van der Waals surface area contributed by atoms with E-state index < -0.39 is 0 Å². The summed E-state index contributed by atoms with van der Waals surface area (Å²) in [4.78, 5) is 22.5. The number of methoxy groups -OCH3 is 1. The maximum Gasteiger partial charge on any atom is 0.242 e. The zero-order valence-electron chi connectivity index (χ0n) is 11.7. The fraction of sp³-hybridized carbons (Fsp3) is 0.583. The molecule has 110 valence electrons. The van der Waals surface area contributed by atoms with Gasteiger partial charge in [-0.1, -0.05) is 6.92 Å². The van der Waals surface area contributed by atoms with Crippen molar-refractivity contribution in [2.24, 2.45) is 5.84 Å². The quantitative estimate of drug-likeness (QED) is 0.499. The molecular weight excluding hydrogens is 260 g/mol. The van der Waals surface area contributed by atoms with E-state index in [0.717, 1.165) is 0 Å². The number of nitrogens with zero attached hydrogens (tertiary/aromatic N) is 3. The van der Waals surface area contributed by atoms with Crippen LogP contribution in [0.2, 0.25) is 0 Å². The number of nitrogen functional groups attached to an aromatic ring is 1. The number of nitrogens with one attached hydrogen (secondary N) is 2. The highest BCUT2D eigenvalue weighted by atomic mass is 16.5. The second-order valence-electron chi connectivity index (χ2n) is 4.51. The molecule has 4 N–H and O–H groups in total. The summed E-state index contributed by atoms with van der Waals surface area (Å²) in [5, 5.41) is 2.86. The molecule has 1 fully saturated rings. The maximum atomic E-state index is 11.9. The Morgan fingerprint density at radius 3 is 3.05 bits per heavy atom. The van der Waals surface area contributed by atoms with Crippen molar-refractivity contribution in [2.75, 3.05) is 30.5 Å². The molecule has 0 radical (unpaired) electrons. The van der Waals surface area contributed by atoms with Crippen LogP contribution in [0, 0.1) is 0 Å². The minimum Gasteiger partial charge on any atom is -0.377 e. The zero-order chi connectivity index (χ0) is 14.5. The van der Waals surface area contributed by atoms with Crippen molar-refractivity contribution in [1.82, 2.24) is 15.3 Å². The standard InChI is InChI=1S/C12H20N6O2/c1-3-8-12(19)14-4-5-18(8)11-6-9(17-13)15-10(16-11)7-20-2/h6,8H,3-5,7,13H2,1-2H3,(H,14,19)(H,15,16,17). The minimum atomic E-state index is -0.223. The van der Waals surface area contributed by atoms with Gasteiger partial charge in [0.1, 0.15) is 24.3 Å². The summed E-state index contributed by atoms with van der Waals surface area (Å²) >= 11 is 0. The van der Waals surface area contributed by atoms with Gasteiger partial charge in [-0.05, 0) is 6.42 Å². The third kappa shape index (κ3) is 2.97. The van der Waals surface area contributed by atoms with Crippen LogP contribution in [0.3, 0.4) is 0 Å². The van der Waals surface area contributed by atoms with Gasteiger partial charge < -0.3 is 20.4 Å². The molecule has 0 aromatic carbocycles. The molecule has 8 heteroatoms. The predicted molar refractivity (Wildman–Crippen MR) is 75.0 cm³/mol. The first-order valence-corrected chi connectivity index (χ1v) is 6.57. The summed E-state index contributed by atoms with van der Waals surface area (Å²) in [5.74, 6) is 7.16. The number of aromatic nitrogens is 2. The van der Waals surface area contributed by atoms with Gasteiger partial charge in [0, 0.05) is 26.3 Å². The van der Waals surface area contributed by atoms with Crippen molar-refractivity contribution < 1.29 is 9.53 Å². The van der Waals surface area contributed by atoms with Crippen molar-refractivity contribution >= 4 is 17.5 Å². The number of hydrazine groups is 1. The van der Waals surface area contributed by atoms with Crippen LogP contribution in [0.25, 0.3) is 0 Å². The molecule has 1 aliphatic rings. The van der Waals surface area contributed by atoms with E-state index >= 15 is 0 Å². The number of carbonyl (C=O) groups is 1. The van der Waals surface area contributed by atoms with Gasteiger partial charge in [0.05, 0.1) is 0 Å². The van der Waals surface area contributed by atoms with E-state index in [1.807, 2.05) is 11.8 Å². The first-order valence-electron chi connectivity index (χ1n) is 6.57. The number of amides is 1. The van der Waals surface area contributed by atoms with Gasteiger partial charge in [-0.25, -0.2) is 15.8 Å². The summed E-state index contributed by atoms with van der Waals surface area (Å²) in [6.45, 7) is 3.57. The van der Waals surface area contributed by atoms with E-state index in [0.29, 0.717) is 43.6 Å². The predicted octanol–water partition coefficient (Wildman–Crippen LogP) is -0.377. The van der Waals surface area contributed by atoms with Gasteiger partial charge >= 0.3 is 0 Å². The van der Waals surface area contributed by atoms with E-state index in [-0.39, 0.29) is 11.9 Å². The molecule has 1 saturated heterocycles. The number of anilines is 2. The molecule has 2 rings (SSSR count). The molecule has 0 spiro atoms.